The largest absolute Gasteiger partial charge is 0.468 e. The van der Waals surface area contributed by atoms with Crippen LogP contribution in [0.3, 0.4) is 0 Å². The Morgan fingerprint density at radius 2 is 2.05 bits per heavy atom. The van der Waals surface area contributed by atoms with Gasteiger partial charge in [-0.2, -0.15) is 0 Å². The summed E-state index contributed by atoms with van der Waals surface area (Å²) in [5.74, 6) is 0.111. The van der Waals surface area contributed by atoms with Crippen molar-refractivity contribution in [3.63, 3.8) is 0 Å². The van der Waals surface area contributed by atoms with E-state index in [0.717, 1.165) is 19.4 Å². The standard InChI is InChI=1S/C15H29NO3/c1-7-10(3)13(14(17)18-6)16-11-9-12(19-8-2)15(11,4)5/h10-13,16H,7-9H2,1-6H3. The van der Waals surface area contributed by atoms with Gasteiger partial charge < -0.3 is 14.8 Å². The van der Waals surface area contributed by atoms with Crippen LogP contribution >= 0.6 is 0 Å². The molecule has 1 N–H and O–H groups in total. The van der Waals surface area contributed by atoms with Crippen LogP contribution in [0.4, 0.5) is 0 Å². The summed E-state index contributed by atoms with van der Waals surface area (Å²) in [7, 11) is 1.45. The van der Waals surface area contributed by atoms with Crippen LogP contribution in [0.2, 0.25) is 0 Å². The van der Waals surface area contributed by atoms with E-state index in [0.29, 0.717) is 6.04 Å². The second-order valence-corrected chi connectivity index (χ2v) is 6.11. The van der Waals surface area contributed by atoms with Crippen molar-refractivity contribution in [1.29, 1.82) is 0 Å². The van der Waals surface area contributed by atoms with Crippen LogP contribution in [0.1, 0.15) is 47.5 Å². The third kappa shape index (κ3) is 3.48. The molecule has 4 heteroatoms. The molecule has 1 aliphatic rings. The summed E-state index contributed by atoms with van der Waals surface area (Å²) in [6.45, 7) is 11.3. The maximum atomic E-state index is 11.9. The summed E-state index contributed by atoms with van der Waals surface area (Å²) in [5, 5.41) is 3.48. The normalized spacial score (nSPS) is 28.3. The van der Waals surface area contributed by atoms with Gasteiger partial charge in [-0.05, 0) is 19.3 Å². The van der Waals surface area contributed by atoms with Crippen LogP contribution in [-0.4, -0.2) is 37.9 Å². The first kappa shape index (κ1) is 16.4. The fraction of sp³-hybridized carbons (Fsp3) is 0.933. The molecule has 4 atom stereocenters. The Bertz CT molecular complexity index is 304. The van der Waals surface area contributed by atoms with E-state index in [1.807, 2.05) is 6.92 Å². The summed E-state index contributed by atoms with van der Waals surface area (Å²) in [6.07, 6.45) is 2.20. The van der Waals surface area contributed by atoms with Gasteiger partial charge in [0, 0.05) is 18.1 Å². The molecule has 4 nitrogen and oxygen atoms in total. The lowest BCUT2D eigenvalue weighted by Crippen LogP contribution is -2.64. The number of carbonyl (C=O) groups excluding carboxylic acids is 1. The predicted octanol–water partition coefficient (Wildman–Crippen LogP) is 2.37. The van der Waals surface area contributed by atoms with Crippen molar-refractivity contribution in [3.8, 4) is 0 Å². The highest BCUT2D eigenvalue weighted by atomic mass is 16.5. The van der Waals surface area contributed by atoms with Gasteiger partial charge in [0.2, 0.25) is 0 Å². The van der Waals surface area contributed by atoms with Crippen molar-refractivity contribution in [2.24, 2.45) is 11.3 Å². The Labute approximate surface area is 117 Å². The lowest BCUT2D eigenvalue weighted by molar-refractivity contribution is -0.149. The zero-order valence-corrected chi connectivity index (χ0v) is 13.2. The maximum Gasteiger partial charge on any atom is 0.323 e. The molecule has 4 unspecified atom stereocenters. The van der Waals surface area contributed by atoms with Crippen molar-refractivity contribution >= 4 is 5.97 Å². The molecule has 0 aliphatic heterocycles. The minimum Gasteiger partial charge on any atom is -0.468 e. The Balaban J connectivity index is 2.64. The number of nitrogens with one attached hydrogen (secondary N) is 1. The summed E-state index contributed by atoms with van der Waals surface area (Å²) in [4.78, 5) is 11.9. The first-order valence-electron chi connectivity index (χ1n) is 7.33. The highest BCUT2D eigenvalue weighted by Crippen LogP contribution is 2.43. The zero-order chi connectivity index (χ0) is 14.6. The SMILES string of the molecule is CCOC1CC(NC(C(=O)OC)C(C)CC)C1(C)C. The molecule has 0 aromatic heterocycles. The fourth-order valence-corrected chi connectivity index (χ4v) is 2.70. The molecule has 112 valence electrons. The molecule has 19 heavy (non-hydrogen) atoms. The third-order valence-electron chi connectivity index (χ3n) is 4.59. The average molecular weight is 271 g/mol. The summed E-state index contributed by atoms with van der Waals surface area (Å²) >= 11 is 0. The lowest BCUT2D eigenvalue weighted by Gasteiger charge is -2.53. The molecule has 0 saturated heterocycles. The van der Waals surface area contributed by atoms with Crippen LogP contribution < -0.4 is 5.32 Å². The molecule has 0 aromatic rings. The van der Waals surface area contributed by atoms with E-state index in [-0.39, 0.29) is 29.4 Å². The number of ether oxygens (including phenoxy) is 2. The van der Waals surface area contributed by atoms with E-state index < -0.39 is 0 Å². The first-order chi connectivity index (χ1) is 8.88. The van der Waals surface area contributed by atoms with E-state index in [1.165, 1.54) is 7.11 Å². The van der Waals surface area contributed by atoms with Gasteiger partial charge >= 0.3 is 5.97 Å². The molecule has 0 aromatic carbocycles. The van der Waals surface area contributed by atoms with E-state index in [9.17, 15) is 4.79 Å². The van der Waals surface area contributed by atoms with Crippen molar-refractivity contribution in [2.45, 2.75) is 65.6 Å². The molecule has 1 rings (SSSR count). The van der Waals surface area contributed by atoms with Crippen LogP contribution in [0, 0.1) is 11.3 Å². The molecule has 1 aliphatic carbocycles. The van der Waals surface area contributed by atoms with Crippen molar-refractivity contribution < 1.29 is 14.3 Å². The fourth-order valence-electron chi connectivity index (χ4n) is 2.70. The lowest BCUT2D eigenvalue weighted by atomic mass is 9.64. The highest BCUT2D eigenvalue weighted by Gasteiger charge is 2.50. The average Bonchev–Trinajstić information content (AvgIpc) is 2.40. The van der Waals surface area contributed by atoms with Crippen LogP contribution in [-0.2, 0) is 14.3 Å². The molecule has 1 fully saturated rings. The minimum absolute atomic E-state index is 0.0652. The van der Waals surface area contributed by atoms with Crippen molar-refractivity contribution in [2.75, 3.05) is 13.7 Å². The summed E-state index contributed by atoms with van der Waals surface area (Å²) in [5.41, 5.74) is 0.0652. The second kappa shape index (κ2) is 6.71. The topological polar surface area (TPSA) is 47.6 Å². The van der Waals surface area contributed by atoms with Gasteiger partial charge in [0.05, 0.1) is 13.2 Å². The quantitative estimate of drug-likeness (QED) is 0.722. The van der Waals surface area contributed by atoms with E-state index >= 15 is 0 Å². The molecule has 0 spiro atoms. The van der Waals surface area contributed by atoms with Crippen molar-refractivity contribution in [3.05, 3.63) is 0 Å². The van der Waals surface area contributed by atoms with Gasteiger partial charge in [-0.1, -0.05) is 34.1 Å². The highest BCUT2D eigenvalue weighted by molar-refractivity contribution is 5.76. The Hall–Kier alpha value is -0.610. The molecular weight excluding hydrogens is 242 g/mol. The molecular formula is C15H29NO3. The van der Waals surface area contributed by atoms with Gasteiger partial charge in [0.15, 0.2) is 0 Å². The number of methoxy groups -OCH3 is 1. The van der Waals surface area contributed by atoms with Gasteiger partial charge in [0.25, 0.3) is 0 Å². The van der Waals surface area contributed by atoms with E-state index in [2.05, 4.69) is 33.0 Å². The second-order valence-electron chi connectivity index (χ2n) is 6.11. The molecule has 0 radical (unpaired) electrons. The number of rotatable bonds is 7. The monoisotopic (exact) mass is 271 g/mol. The van der Waals surface area contributed by atoms with E-state index in [4.69, 9.17) is 9.47 Å². The Morgan fingerprint density at radius 1 is 1.42 bits per heavy atom. The first-order valence-corrected chi connectivity index (χ1v) is 7.33. The van der Waals surface area contributed by atoms with Gasteiger partial charge in [-0.25, -0.2) is 0 Å². The number of esters is 1. The smallest absolute Gasteiger partial charge is 0.323 e. The zero-order valence-electron chi connectivity index (χ0n) is 13.2. The van der Waals surface area contributed by atoms with Gasteiger partial charge in [0.1, 0.15) is 6.04 Å². The van der Waals surface area contributed by atoms with Crippen molar-refractivity contribution in [1.82, 2.24) is 5.32 Å². The van der Waals surface area contributed by atoms with Gasteiger partial charge in [-0.3, -0.25) is 4.79 Å². The number of hydrogen-bond acceptors (Lipinski definition) is 4. The summed E-state index contributed by atoms with van der Waals surface area (Å²) < 4.78 is 10.6. The number of carbonyl (C=O) groups is 1. The maximum absolute atomic E-state index is 11.9. The van der Waals surface area contributed by atoms with E-state index in [1.54, 1.807) is 0 Å². The molecule has 0 amide bonds. The van der Waals surface area contributed by atoms with Gasteiger partial charge in [-0.15, -0.1) is 0 Å². The predicted molar refractivity (Wildman–Crippen MR) is 76.0 cm³/mol. The molecule has 0 heterocycles. The van der Waals surface area contributed by atoms with Crippen LogP contribution in [0.5, 0.6) is 0 Å². The summed E-state index contributed by atoms with van der Waals surface area (Å²) in [6, 6.07) is 0.0870. The van der Waals surface area contributed by atoms with Crippen LogP contribution in [0.15, 0.2) is 0 Å². The molecule has 0 bridgehead atoms. The third-order valence-corrected chi connectivity index (χ3v) is 4.59. The Kier molecular flexibility index (Phi) is 5.81. The molecule has 1 saturated carbocycles. The van der Waals surface area contributed by atoms with Crippen LogP contribution in [0.25, 0.3) is 0 Å². The number of hydrogen-bond donors (Lipinski definition) is 1. The minimum atomic E-state index is -0.221. The Morgan fingerprint density at radius 3 is 2.47 bits per heavy atom.